The highest BCUT2D eigenvalue weighted by molar-refractivity contribution is 7.71. The summed E-state index contributed by atoms with van der Waals surface area (Å²) in [6, 6.07) is 12.3. The third-order valence-corrected chi connectivity index (χ3v) is 5.10. The Bertz CT molecular complexity index is 944. The van der Waals surface area contributed by atoms with Gasteiger partial charge >= 0.3 is 0 Å². The van der Waals surface area contributed by atoms with Crippen molar-refractivity contribution in [3.05, 3.63) is 64.1 Å². The SMILES string of the molecule is CN(Cc1ccc(Cl)cc1)Cn1nc(-c2cccnc2)n(C2CC2)c1=S. The Morgan fingerprint density at radius 1 is 1.23 bits per heavy atom. The fourth-order valence-electron chi connectivity index (χ4n) is 3.05. The lowest BCUT2D eigenvalue weighted by atomic mass is 10.2. The van der Waals surface area contributed by atoms with Gasteiger partial charge in [0.25, 0.3) is 0 Å². The summed E-state index contributed by atoms with van der Waals surface area (Å²) < 4.78 is 4.86. The van der Waals surface area contributed by atoms with Gasteiger partial charge in [0.15, 0.2) is 10.6 Å². The van der Waals surface area contributed by atoms with Gasteiger partial charge in [-0.15, -0.1) is 0 Å². The van der Waals surface area contributed by atoms with E-state index in [0.29, 0.717) is 12.7 Å². The van der Waals surface area contributed by atoms with Crippen LogP contribution in [0.25, 0.3) is 11.4 Å². The number of aromatic nitrogens is 4. The Morgan fingerprint density at radius 2 is 2.00 bits per heavy atom. The zero-order chi connectivity index (χ0) is 18.1. The fourth-order valence-corrected chi connectivity index (χ4v) is 3.51. The van der Waals surface area contributed by atoms with Crippen molar-refractivity contribution in [2.75, 3.05) is 7.05 Å². The first-order chi connectivity index (χ1) is 12.6. The predicted octanol–water partition coefficient (Wildman–Crippen LogP) is 4.55. The molecule has 1 aliphatic carbocycles. The molecule has 3 aromatic rings. The van der Waals surface area contributed by atoms with Crippen molar-refractivity contribution in [3.63, 3.8) is 0 Å². The van der Waals surface area contributed by atoms with Crippen LogP contribution in [0, 0.1) is 4.77 Å². The summed E-state index contributed by atoms with van der Waals surface area (Å²) in [5.74, 6) is 0.908. The molecule has 26 heavy (non-hydrogen) atoms. The Kier molecular flexibility index (Phi) is 4.89. The maximum absolute atomic E-state index is 5.96. The molecule has 1 aromatic carbocycles. The van der Waals surface area contributed by atoms with Crippen LogP contribution < -0.4 is 0 Å². The molecule has 0 spiro atoms. The normalized spacial score (nSPS) is 14.1. The summed E-state index contributed by atoms with van der Waals surface area (Å²) in [7, 11) is 2.07. The molecule has 1 aliphatic rings. The van der Waals surface area contributed by atoms with Gasteiger partial charge in [0.05, 0.1) is 6.67 Å². The molecule has 0 N–H and O–H groups in total. The van der Waals surface area contributed by atoms with E-state index < -0.39 is 0 Å². The van der Waals surface area contributed by atoms with Crippen molar-refractivity contribution in [1.82, 2.24) is 24.2 Å². The number of pyridine rings is 1. The summed E-state index contributed by atoms with van der Waals surface area (Å²) in [6.45, 7) is 1.44. The monoisotopic (exact) mass is 385 g/mol. The molecule has 2 aromatic heterocycles. The molecule has 2 heterocycles. The van der Waals surface area contributed by atoms with Gasteiger partial charge in [-0.2, -0.15) is 5.10 Å². The molecule has 0 saturated heterocycles. The van der Waals surface area contributed by atoms with Crippen LogP contribution in [0.5, 0.6) is 0 Å². The Morgan fingerprint density at radius 3 is 2.65 bits per heavy atom. The van der Waals surface area contributed by atoms with E-state index in [0.717, 1.165) is 40.6 Å². The zero-order valence-corrected chi connectivity index (χ0v) is 16.1. The summed E-state index contributed by atoms with van der Waals surface area (Å²) in [5, 5.41) is 5.56. The first-order valence-electron chi connectivity index (χ1n) is 8.64. The second kappa shape index (κ2) is 7.31. The van der Waals surface area contributed by atoms with Crippen molar-refractivity contribution < 1.29 is 0 Å². The third-order valence-electron chi connectivity index (χ3n) is 4.44. The van der Waals surface area contributed by atoms with Crippen molar-refractivity contribution in [2.24, 2.45) is 0 Å². The van der Waals surface area contributed by atoms with E-state index in [1.807, 2.05) is 47.3 Å². The van der Waals surface area contributed by atoms with Gasteiger partial charge in [0, 0.05) is 35.6 Å². The topological polar surface area (TPSA) is 38.9 Å². The van der Waals surface area contributed by atoms with Crippen LogP contribution >= 0.6 is 23.8 Å². The van der Waals surface area contributed by atoms with E-state index in [2.05, 4.69) is 21.5 Å². The van der Waals surface area contributed by atoms with Gasteiger partial charge in [0.1, 0.15) is 0 Å². The highest BCUT2D eigenvalue weighted by atomic mass is 35.5. The van der Waals surface area contributed by atoms with E-state index in [9.17, 15) is 0 Å². The number of hydrogen-bond donors (Lipinski definition) is 0. The summed E-state index contributed by atoms with van der Waals surface area (Å²) in [4.78, 5) is 6.42. The van der Waals surface area contributed by atoms with Gasteiger partial charge in [-0.25, -0.2) is 4.68 Å². The molecule has 0 atom stereocenters. The number of halogens is 1. The van der Waals surface area contributed by atoms with Crippen molar-refractivity contribution in [3.8, 4) is 11.4 Å². The molecule has 134 valence electrons. The Hall–Kier alpha value is -2.02. The van der Waals surface area contributed by atoms with Crippen LogP contribution in [0.1, 0.15) is 24.4 Å². The first kappa shape index (κ1) is 17.4. The van der Waals surface area contributed by atoms with Crippen LogP contribution in [0.3, 0.4) is 0 Å². The van der Waals surface area contributed by atoms with E-state index in [1.165, 1.54) is 5.56 Å². The molecule has 7 heteroatoms. The minimum atomic E-state index is 0.466. The lowest BCUT2D eigenvalue weighted by Gasteiger charge is -2.16. The van der Waals surface area contributed by atoms with Gasteiger partial charge in [-0.05, 0) is 61.9 Å². The minimum Gasteiger partial charge on any atom is -0.297 e. The number of nitrogens with zero attached hydrogens (tertiary/aromatic N) is 5. The van der Waals surface area contributed by atoms with Crippen LogP contribution in [0.2, 0.25) is 5.02 Å². The molecule has 4 rings (SSSR count). The van der Waals surface area contributed by atoms with E-state index >= 15 is 0 Å². The molecule has 0 radical (unpaired) electrons. The molecule has 5 nitrogen and oxygen atoms in total. The largest absolute Gasteiger partial charge is 0.297 e. The summed E-state index contributed by atoms with van der Waals surface area (Å²) in [6.07, 6.45) is 5.94. The Balaban J connectivity index is 1.58. The molecule has 1 saturated carbocycles. The maximum Gasteiger partial charge on any atom is 0.199 e. The first-order valence-corrected chi connectivity index (χ1v) is 9.43. The van der Waals surface area contributed by atoms with E-state index in [1.54, 1.807) is 6.20 Å². The maximum atomic E-state index is 5.96. The third kappa shape index (κ3) is 3.72. The highest BCUT2D eigenvalue weighted by Gasteiger charge is 2.29. The molecule has 0 aliphatic heterocycles. The number of hydrogen-bond acceptors (Lipinski definition) is 4. The Labute approximate surface area is 162 Å². The standard InChI is InChI=1S/C19H20ClN5S/c1-23(12-14-4-6-16(20)7-5-14)13-24-19(26)25(17-8-9-17)18(22-24)15-3-2-10-21-11-15/h2-7,10-11,17H,8-9,12-13H2,1H3. The predicted molar refractivity (Wildman–Crippen MR) is 105 cm³/mol. The molecule has 0 bridgehead atoms. The number of rotatable bonds is 6. The molecule has 0 unspecified atom stereocenters. The quantitative estimate of drug-likeness (QED) is 0.583. The van der Waals surface area contributed by atoms with Crippen molar-refractivity contribution in [1.29, 1.82) is 0 Å². The molecule has 1 fully saturated rings. The van der Waals surface area contributed by atoms with Crippen LogP contribution in [-0.2, 0) is 13.2 Å². The lowest BCUT2D eigenvalue weighted by Crippen LogP contribution is -2.22. The zero-order valence-electron chi connectivity index (χ0n) is 14.5. The van der Waals surface area contributed by atoms with E-state index in [4.69, 9.17) is 28.9 Å². The molecular formula is C19H20ClN5S. The van der Waals surface area contributed by atoms with Crippen molar-refractivity contribution >= 4 is 23.8 Å². The van der Waals surface area contributed by atoms with Crippen LogP contribution in [0.4, 0.5) is 0 Å². The fraction of sp³-hybridized carbons (Fsp3) is 0.316. The average Bonchev–Trinajstić information content (AvgIpc) is 3.43. The minimum absolute atomic E-state index is 0.466. The van der Waals surface area contributed by atoms with Crippen LogP contribution in [-0.4, -0.2) is 31.3 Å². The lowest BCUT2D eigenvalue weighted by molar-refractivity contribution is 0.244. The second-order valence-electron chi connectivity index (χ2n) is 6.73. The van der Waals surface area contributed by atoms with Gasteiger partial charge in [0.2, 0.25) is 0 Å². The molecular weight excluding hydrogens is 366 g/mol. The number of benzene rings is 1. The highest BCUT2D eigenvalue weighted by Crippen LogP contribution is 2.38. The smallest absolute Gasteiger partial charge is 0.199 e. The van der Waals surface area contributed by atoms with Gasteiger partial charge < -0.3 is 0 Å². The van der Waals surface area contributed by atoms with Crippen LogP contribution in [0.15, 0.2) is 48.8 Å². The summed E-state index contributed by atoms with van der Waals surface area (Å²) in [5.41, 5.74) is 2.21. The second-order valence-corrected chi connectivity index (χ2v) is 7.53. The summed E-state index contributed by atoms with van der Waals surface area (Å²) >= 11 is 11.7. The average molecular weight is 386 g/mol. The van der Waals surface area contributed by atoms with Crippen molar-refractivity contribution in [2.45, 2.75) is 32.1 Å². The molecule has 0 amide bonds. The van der Waals surface area contributed by atoms with E-state index in [-0.39, 0.29) is 0 Å². The van der Waals surface area contributed by atoms with Gasteiger partial charge in [-0.1, -0.05) is 23.7 Å². The van der Waals surface area contributed by atoms with Gasteiger partial charge in [-0.3, -0.25) is 14.5 Å².